The fraction of sp³-hybridized carbons (Fsp3) is 0.700. The zero-order chi connectivity index (χ0) is 9.84. The van der Waals surface area contributed by atoms with E-state index in [1.54, 1.807) is 6.08 Å². The average molecular weight is 182 g/mol. The van der Waals surface area contributed by atoms with E-state index in [4.69, 9.17) is 5.73 Å². The van der Waals surface area contributed by atoms with Crippen LogP contribution in [0.1, 0.15) is 19.8 Å². The Balaban J connectivity index is 2.13. The van der Waals surface area contributed by atoms with Gasteiger partial charge in [-0.25, -0.2) is 0 Å². The molecule has 3 unspecified atom stereocenters. The summed E-state index contributed by atoms with van der Waals surface area (Å²) in [5.74, 6) is 1.40. The van der Waals surface area contributed by atoms with Gasteiger partial charge in [-0.3, -0.25) is 4.79 Å². The third-order valence-corrected chi connectivity index (χ3v) is 2.57. The van der Waals surface area contributed by atoms with Gasteiger partial charge in [0.05, 0.1) is 6.04 Å². The molecule has 3 atom stereocenters. The summed E-state index contributed by atoms with van der Waals surface area (Å²) in [7, 11) is 0. The summed E-state index contributed by atoms with van der Waals surface area (Å²) in [6, 6.07) is -0.424. The highest BCUT2D eigenvalue weighted by molar-refractivity contribution is 5.81. The van der Waals surface area contributed by atoms with Gasteiger partial charge in [-0.15, -0.1) is 6.58 Å². The molecule has 0 aliphatic heterocycles. The largest absolute Gasteiger partial charge is 0.354 e. The second-order valence-electron chi connectivity index (χ2n) is 3.85. The second kappa shape index (κ2) is 4.42. The van der Waals surface area contributed by atoms with Gasteiger partial charge in [-0.05, 0) is 24.7 Å². The Morgan fingerprint density at radius 2 is 2.46 bits per heavy atom. The van der Waals surface area contributed by atoms with Gasteiger partial charge in [-0.1, -0.05) is 13.0 Å². The van der Waals surface area contributed by atoms with Crippen LogP contribution in [0, 0.1) is 11.8 Å². The molecule has 1 saturated carbocycles. The molecular weight excluding hydrogens is 164 g/mol. The first-order chi connectivity index (χ1) is 6.15. The lowest BCUT2D eigenvalue weighted by atomic mass is 10.2. The van der Waals surface area contributed by atoms with Crippen molar-refractivity contribution in [2.45, 2.75) is 25.8 Å². The molecule has 0 radical (unpaired) electrons. The number of rotatable bonds is 5. The minimum Gasteiger partial charge on any atom is -0.354 e. The second-order valence-corrected chi connectivity index (χ2v) is 3.85. The third-order valence-electron chi connectivity index (χ3n) is 2.57. The van der Waals surface area contributed by atoms with E-state index in [0.717, 1.165) is 12.5 Å². The van der Waals surface area contributed by atoms with E-state index < -0.39 is 6.04 Å². The third kappa shape index (κ3) is 3.19. The number of hydrogen-bond donors (Lipinski definition) is 2. The molecule has 0 aromatic carbocycles. The molecule has 74 valence electrons. The first-order valence-corrected chi connectivity index (χ1v) is 4.79. The van der Waals surface area contributed by atoms with Gasteiger partial charge >= 0.3 is 0 Å². The molecule has 3 heteroatoms. The summed E-state index contributed by atoms with van der Waals surface area (Å²) in [6.45, 7) is 6.52. The Hall–Kier alpha value is -0.830. The van der Waals surface area contributed by atoms with Crippen molar-refractivity contribution in [3.63, 3.8) is 0 Å². The number of hydrogen-bond acceptors (Lipinski definition) is 2. The van der Waals surface area contributed by atoms with Crippen molar-refractivity contribution < 1.29 is 4.79 Å². The van der Waals surface area contributed by atoms with Gasteiger partial charge in [0.2, 0.25) is 5.91 Å². The molecule has 1 fully saturated rings. The number of carbonyl (C=O) groups excluding carboxylic acids is 1. The monoisotopic (exact) mass is 182 g/mol. The molecule has 1 aliphatic carbocycles. The first kappa shape index (κ1) is 10.3. The molecule has 1 amide bonds. The molecule has 0 aromatic rings. The van der Waals surface area contributed by atoms with Crippen LogP contribution in [0.2, 0.25) is 0 Å². The van der Waals surface area contributed by atoms with E-state index in [-0.39, 0.29) is 5.91 Å². The quantitative estimate of drug-likeness (QED) is 0.614. The van der Waals surface area contributed by atoms with Crippen LogP contribution >= 0.6 is 0 Å². The minimum atomic E-state index is -0.424. The molecule has 1 aliphatic rings. The van der Waals surface area contributed by atoms with Crippen LogP contribution in [0.5, 0.6) is 0 Å². The van der Waals surface area contributed by atoms with E-state index in [1.165, 1.54) is 6.42 Å². The van der Waals surface area contributed by atoms with Crippen molar-refractivity contribution in [1.82, 2.24) is 5.32 Å². The fourth-order valence-electron chi connectivity index (χ4n) is 1.33. The van der Waals surface area contributed by atoms with Gasteiger partial charge in [0.1, 0.15) is 0 Å². The summed E-state index contributed by atoms with van der Waals surface area (Å²) in [5.41, 5.74) is 5.59. The van der Waals surface area contributed by atoms with Crippen molar-refractivity contribution in [3.05, 3.63) is 12.7 Å². The summed E-state index contributed by atoms with van der Waals surface area (Å²) in [6.07, 6.45) is 3.45. The predicted molar refractivity (Wildman–Crippen MR) is 53.1 cm³/mol. The number of nitrogens with one attached hydrogen (secondary N) is 1. The average Bonchev–Trinajstić information content (AvgIpc) is 2.78. The van der Waals surface area contributed by atoms with Crippen LogP contribution in [0.15, 0.2) is 12.7 Å². The van der Waals surface area contributed by atoms with Crippen molar-refractivity contribution in [2.24, 2.45) is 17.6 Å². The summed E-state index contributed by atoms with van der Waals surface area (Å²) >= 11 is 0. The van der Waals surface area contributed by atoms with Crippen LogP contribution in [-0.2, 0) is 4.79 Å². The summed E-state index contributed by atoms with van der Waals surface area (Å²) in [4.78, 5) is 11.3. The lowest BCUT2D eigenvalue weighted by Crippen LogP contribution is -2.41. The maximum atomic E-state index is 11.3. The number of nitrogens with two attached hydrogens (primary N) is 1. The Bertz CT molecular complexity index is 203. The van der Waals surface area contributed by atoms with Crippen LogP contribution in [-0.4, -0.2) is 18.5 Å². The summed E-state index contributed by atoms with van der Waals surface area (Å²) < 4.78 is 0. The maximum absolute atomic E-state index is 11.3. The SMILES string of the molecule is C=CCC(N)C(=O)NCC1CC1C. The van der Waals surface area contributed by atoms with E-state index in [1.807, 2.05) is 0 Å². The highest BCUT2D eigenvalue weighted by atomic mass is 16.2. The van der Waals surface area contributed by atoms with Crippen molar-refractivity contribution in [2.75, 3.05) is 6.54 Å². The van der Waals surface area contributed by atoms with Crippen LogP contribution < -0.4 is 11.1 Å². The van der Waals surface area contributed by atoms with Crippen LogP contribution in [0.4, 0.5) is 0 Å². The van der Waals surface area contributed by atoms with Crippen LogP contribution in [0.3, 0.4) is 0 Å². The Labute approximate surface area is 79.4 Å². The molecule has 3 nitrogen and oxygen atoms in total. The fourth-order valence-corrected chi connectivity index (χ4v) is 1.33. The van der Waals surface area contributed by atoms with Gasteiger partial charge in [0.25, 0.3) is 0 Å². The number of carbonyl (C=O) groups is 1. The maximum Gasteiger partial charge on any atom is 0.237 e. The van der Waals surface area contributed by atoms with Crippen LogP contribution in [0.25, 0.3) is 0 Å². The summed E-state index contributed by atoms with van der Waals surface area (Å²) in [5, 5.41) is 2.85. The van der Waals surface area contributed by atoms with E-state index in [2.05, 4.69) is 18.8 Å². The van der Waals surface area contributed by atoms with Crippen molar-refractivity contribution >= 4 is 5.91 Å². The van der Waals surface area contributed by atoms with Gasteiger partial charge in [-0.2, -0.15) is 0 Å². The van der Waals surface area contributed by atoms with Crippen molar-refractivity contribution in [1.29, 1.82) is 0 Å². The Kier molecular flexibility index (Phi) is 3.48. The van der Waals surface area contributed by atoms with E-state index in [0.29, 0.717) is 12.3 Å². The predicted octanol–water partition coefficient (Wildman–Crippen LogP) is 0.662. The van der Waals surface area contributed by atoms with E-state index in [9.17, 15) is 4.79 Å². The highest BCUT2D eigenvalue weighted by Gasteiger charge is 2.32. The van der Waals surface area contributed by atoms with Gasteiger partial charge in [0, 0.05) is 6.54 Å². The molecule has 0 saturated heterocycles. The lowest BCUT2D eigenvalue weighted by molar-refractivity contribution is -0.122. The first-order valence-electron chi connectivity index (χ1n) is 4.79. The molecular formula is C10H18N2O. The standard InChI is InChI=1S/C10H18N2O/c1-3-4-9(11)10(13)12-6-8-5-7(8)2/h3,7-9H,1,4-6,11H2,2H3,(H,12,13). The highest BCUT2D eigenvalue weighted by Crippen LogP contribution is 2.36. The molecule has 3 N–H and O–H groups in total. The topological polar surface area (TPSA) is 55.1 Å². The lowest BCUT2D eigenvalue weighted by Gasteiger charge is -2.09. The van der Waals surface area contributed by atoms with E-state index >= 15 is 0 Å². The molecule has 0 spiro atoms. The molecule has 0 aromatic heterocycles. The molecule has 0 bridgehead atoms. The number of amides is 1. The Morgan fingerprint density at radius 3 is 2.92 bits per heavy atom. The minimum absolute atomic E-state index is 0.0565. The molecule has 13 heavy (non-hydrogen) atoms. The molecule has 1 rings (SSSR count). The van der Waals surface area contributed by atoms with Gasteiger partial charge in [0.15, 0.2) is 0 Å². The van der Waals surface area contributed by atoms with Crippen molar-refractivity contribution in [3.8, 4) is 0 Å². The zero-order valence-electron chi connectivity index (χ0n) is 8.12. The Morgan fingerprint density at radius 1 is 1.85 bits per heavy atom. The zero-order valence-corrected chi connectivity index (χ0v) is 8.12. The normalized spacial score (nSPS) is 27.8. The molecule has 0 heterocycles. The van der Waals surface area contributed by atoms with Gasteiger partial charge < -0.3 is 11.1 Å². The smallest absolute Gasteiger partial charge is 0.237 e.